The fraction of sp³-hybridized carbons (Fsp3) is 0.0476. The number of aryl methyl sites for hydroxylation is 2. The molecular weight excluding hydrogens is 574 g/mol. The number of para-hydroxylation sites is 4. The van der Waals surface area contributed by atoms with Crippen molar-refractivity contribution in [3.8, 4) is 33.6 Å². The first-order valence-corrected chi connectivity index (χ1v) is 15.7. The van der Waals surface area contributed by atoms with Gasteiger partial charge in [-0.1, -0.05) is 91.0 Å². The van der Waals surface area contributed by atoms with E-state index in [1.807, 2.05) is 68.4 Å². The summed E-state index contributed by atoms with van der Waals surface area (Å²) in [4.78, 5) is 22.1. The van der Waals surface area contributed by atoms with Gasteiger partial charge in [0.2, 0.25) is 0 Å². The largest absolute Gasteiger partial charge is 0.310 e. The van der Waals surface area contributed by atoms with Crippen molar-refractivity contribution >= 4 is 39.1 Å². The Morgan fingerprint density at radius 2 is 0.745 bits per heavy atom. The van der Waals surface area contributed by atoms with E-state index in [4.69, 9.17) is 19.9 Å². The van der Waals surface area contributed by atoms with E-state index >= 15 is 0 Å². The van der Waals surface area contributed by atoms with E-state index in [2.05, 4.69) is 102 Å². The lowest BCUT2D eigenvalue weighted by Gasteiger charge is -2.27. The molecular formula is C42H31N5. The van der Waals surface area contributed by atoms with Gasteiger partial charge in [0, 0.05) is 28.2 Å². The molecule has 5 heteroatoms. The summed E-state index contributed by atoms with van der Waals surface area (Å²) in [5.74, 6) is 0. The summed E-state index contributed by atoms with van der Waals surface area (Å²) in [6, 6.07) is 52.3. The molecule has 0 N–H and O–H groups in total. The van der Waals surface area contributed by atoms with E-state index in [0.717, 1.165) is 73.0 Å². The highest BCUT2D eigenvalue weighted by Crippen LogP contribution is 2.39. The van der Waals surface area contributed by atoms with Crippen LogP contribution in [-0.4, -0.2) is 19.9 Å². The summed E-state index contributed by atoms with van der Waals surface area (Å²) in [6.07, 6.45) is 0. The summed E-state index contributed by atoms with van der Waals surface area (Å²) in [6.45, 7) is 4.05. The molecule has 0 fully saturated rings. The Hall–Kier alpha value is -6.20. The molecule has 2 heterocycles. The number of fused-ring (bicyclic) bond motifs is 2. The van der Waals surface area contributed by atoms with Crippen LogP contribution in [0.5, 0.6) is 0 Å². The fourth-order valence-corrected chi connectivity index (χ4v) is 6.19. The summed E-state index contributed by atoms with van der Waals surface area (Å²) >= 11 is 0. The molecule has 47 heavy (non-hydrogen) atoms. The number of nitrogens with zero attached hydrogens (tertiary/aromatic N) is 5. The van der Waals surface area contributed by atoms with Crippen LogP contribution in [0.15, 0.2) is 152 Å². The van der Waals surface area contributed by atoms with E-state index in [0.29, 0.717) is 0 Å². The van der Waals surface area contributed by atoms with Crippen LogP contribution in [0.4, 0.5) is 17.1 Å². The van der Waals surface area contributed by atoms with Crippen molar-refractivity contribution in [3.63, 3.8) is 0 Å². The zero-order valence-corrected chi connectivity index (χ0v) is 26.2. The minimum atomic E-state index is 0.876. The third-order valence-electron chi connectivity index (χ3n) is 8.48. The zero-order valence-electron chi connectivity index (χ0n) is 26.2. The lowest BCUT2D eigenvalue weighted by molar-refractivity contribution is 1.18. The summed E-state index contributed by atoms with van der Waals surface area (Å²) < 4.78 is 0. The van der Waals surface area contributed by atoms with Crippen LogP contribution in [0.3, 0.4) is 0 Å². The smallest absolute Gasteiger partial charge is 0.0922 e. The predicted molar refractivity (Wildman–Crippen MR) is 193 cm³/mol. The first-order chi connectivity index (χ1) is 23.1. The van der Waals surface area contributed by atoms with Crippen molar-refractivity contribution in [2.45, 2.75) is 13.8 Å². The minimum Gasteiger partial charge on any atom is -0.310 e. The van der Waals surface area contributed by atoms with Gasteiger partial charge in [0.1, 0.15) is 0 Å². The maximum atomic E-state index is 5.03. The molecule has 0 aliphatic carbocycles. The average molecular weight is 606 g/mol. The highest BCUT2D eigenvalue weighted by Gasteiger charge is 2.17. The lowest BCUT2D eigenvalue weighted by atomic mass is 10.0. The Morgan fingerprint density at radius 1 is 0.340 bits per heavy atom. The van der Waals surface area contributed by atoms with Crippen LogP contribution in [0, 0.1) is 13.8 Å². The standard InChI is InChI=1S/C42H31N5/c1-28-41(45-39-20-8-6-18-37(39)43-28)32-14-10-16-35(26-32)47(34-24-22-31(23-25-34)30-12-4-3-5-13-30)36-17-11-15-33(27-36)42-29(2)44-38-19-7-9-21-40(38)46-42/h3-27H,1-2H3. The second-order valence-corrected chi connectivity index (χ2v) is 11.6. The topological polar surface area (TPSA) is 54.8 Å². The van der Waals surface area contributed by atoms with Crippen LogP contribution in [0.1, 0.15) is 11.4 Å². The zero-order chi connectivity index (χ0) is 31.7. The molecule has 0 aliphatic heterocycles. The molecule has 0 amide bonds. The van der Waals surface area contributed by atoms with Crippen molar-refractivity contribution in [1.82, 2.24) is 19.9 Å². The first kappa shape index (κ1) is 28.3. The molecule has 224 valence electrons. The Balaban J connectivity index is 1.27. The number of anilines is 3. The molecule has 5 nitrogen and oxygen atoms in total. The maximum Gasteiger partial charge on any atom is 0.0922 e. The van der Waals surface area contributed by atoms with Crippen LogP contribution in [0.2, 0.25) is 0 Å². The van der Waals surface area contributed by atoms with E-state index in [9.17, 15) is 0 Å². The van der Waals surface area contributed by atoms with E-state index in [1.54, 1.807) is 0 Å². The molecule has 0 unspecified atom stereocenters. The van der Waals surface area contributed by atoms with Gasteiger partial charge >= 0.3 is 0 Å². The quantitative estimate of drug-likeness (QED) is 0.189. The summed E-state index contributed by atoms with van der Waals surface area (Å²) in [5, 5.41) is 0. The molecule has 0 spiro atoms. The molecule has 0 aliphatic rings. The number of aromatic nitrogens is 4. The van der Waals surface area contributed by atoms with Gasteiger partial charge < -0.3 is 4.90 Å². The Labute approximate surface area is 273 Å². The van der Waals surface area contributed by atoms with Gasteiger partial charge in [-0.2, -0.15) is 0 Å². The molecule has 6 aromatic carbocycles. The minimum absolute atomic E-state index is 0.876. The first-order valence-electron chi connectivity index (χ1n) is 15.7. The van der Waals surface area contributed by atoms with Crippen LogP contribution < -0.4 is 4.90 Å². The SMILES string of the molecule is Cc1nc2ccccc2nc1-c1cccc(N(c2ccc(-c3ccccc3)cc2)c2cccc(-c3nc4ccccc4nc3C)c2)c1. The summed E-state index contributed by atoms with van der Waals surface area (Å²) in [7, 11) is 0. The Bertz CT molecular complexity index is 2250. The fourth-order valence-electron chi connectivity index (χ4n) is 6.19. The highest BCUT2D eigenvalue weighted by atomic mass is 15.1. The predicted octanol–water partition coefficient (Wildman–Crippen LogP) is 10.7. The third-order valence-corrected chi connectivity index (χ3v) is 8.48. The lowest BCUT2D eigenvalue weighted by Crippen LogP contribution is -2.10. The van der Waals surface area contributed by atoms with Crippen molar-refractivity contribution in [2.75, 3.05) is 4.90 Å². The van der Waals surface area contributed by atoms with Crippen molar-refractivity contribution in [3.05, 3.63) is 163 Å². The maximum absolute atomic E-state index is 5.03. The molecule has 2 aromatic heterocycles. The molecule has 0 bridgehead atoms. The van der Waals surface area contributed by atoms with Crippen molar-refractivity contribution in [1.29, 1.82) is 0 Å². The molecule has 0 saturated carbocycles. The van der Waals surface area contributed by atoms with Gasteiger partial charge in [-0.3, -0.25) is 0 Å². The molecule has 0 radical (unpaired) electrons. The summed E-state index contributed by atoms with van der Waals surface area (Å²) in [5.41, 5.74) is 14.5. The third kappa shape index (κ3) is 5.49. The van der Waals surface area contributed by atoms with Gasteiger partial charge in [-0.25, -0.2) is 19.9 Å². The second kappa shape index (κ2) is 12.0. The van der Waals surface area contributed by atoms with E-state index in [1.165, 1.54) is 11.1 Å². The van der Waals surface area contributed by atoms with E-state index in [-0.39, 0.29) is 0 Å². The number of benzene rings is 6. The van der Waals surface area contributed by atoms with Crippen LogP contribution >= 0.6 is 0 Å². The van der Waals surface area contributed by atoms with Crippen molar-refractivity contribution < 1.29 is 0 Å². The second-order valence-electron chi connectivity index (χ2n) is 11.6. The van der Waals surface area contributed by atoms with Gasteiger partial charge in [-0.15, -0.1) is 0 Å². The van der Waals surface area contributed by atoms with Gasteiger partial charge in [0.05, 0.1) is 44.8 Å². The highest BCUT2D eigenvalue weighted by molar-refractivity contribution is 5.85. The Morgan fingerprint density at radius 3 is 1.23 bits per heavy atom. The monoisotopic (exact) mass is 605 g/mol. The average Bonchev–Trinajstić information content (AvgIpc) is 3.12. The van der Waals surface area contributed by atoms with Crippen molar-refractivity contribution in [2.24, 2.45) is 0 Å². The molecule has 8 aromatic rings. The molecule has 0 saturated heterocycles. The molecule has 0 atom stereocenters. The Kier molecular flexibility index (Phi) is 7.19. The number of hydrogen-bond donors (Lipinski definition) is 0. The molecule has 8 rings (SSSR count). The number of hydrogen-bond acceptors (Lipinski definition) is 5. The normalized spacial score (nSPS) is 11.2. The van der Waals surface area contributed by atoms with Gasteiger partial charge in [0.25, 0.3) is 0 Å². The van der Waals surface area contributed by atoms with Gasteiger partial charge in [0.15, 0.2) is 0 Å². The number of rotatable bonds is 6. The van der Waals surface area contributed by atoms with Crippen LogP contribution in [0.25, 0.3) is 55.7 Å². The van der Waals surface area contributed by atoms with E-state index < -0.39 is 0 Å². The van der Waals surface area contributed by atoms with Gasteiger partial charge in [-0.05, 0) is 85.6 Å². The van der Waals surface area contributed by atoms with Crippen LogP contribution in [-0.2, 0) is 0 Å².